The van der Waals surface area contributed by atoms with Gasteiger partial charge in [-0.15, -0.1) is 0 Å². The van der Waals surface area contributed by atoms with E-state index in [1.807, 2.05) is 0 Å². The Hall–Kier alpha value is -0.120. The monoisotopic (exact) mass is 268 g/mol. The zero-order chi connectivity index (χ0) is 13.7. The van der Waals surface area contributed by atoms with Gasteiger partial charge in [-0.25, -0.2) is 0 Å². The summed E-state index contributed by atoms with van der Waals surface area (Å²) in [5.41, 5.74) is 6.94. The maximum absolute atomic E-state index is 6.65. The van der Waals surface area contributed by atoms with Crippen LogP contribution in [0.4, 0.5) is 0 Å². The van der Waals surface area contributed by atoms with E-state index in [0.717, 1.165) is 32.2 Å². The van der Waals surface area contributed by atoms with Crippen molar-refractivity contribution in [2.24, 2.45) is 11.7 Å². The fraction of sp³-hybridized carbons (Fsp3) is 1.00. The molecule has 1 aliphatic heterocycles. The molecule has 112 valence electrons. The van der Waals surface area contributed by atoms with Crippen LogP contribution in [-0.2, 0) is 4.74 Å². The fourth-order valence-electron chi connectivity index (χ4n) is 3.93. The molecule has 0 aromatic heterocycles. The van der Waals surface area contributed by atoms with Crippen LogP contribution in [0, 0.1) is 5.92 Å². The van der Waals surface area contributed by atoms with Gasteiger partial charge in [-0.05, 0) is 25.2 Å². The van der Waals surface area contributed by atoms with Crippen molar-refractivity contribution in [3.05, 3.63) is 0 Å². The topological polar surface area (TPSA) is 38.5 Å². The van der Waals surface area contributed by atoms with E-state index in [1.54, 1.807) is 0 Å². The van der Waals surface area contributed by atoms with Crippen molar-refractivity contribution in [3.63, 3.8) is 0 Å². The van der Waals surface area contributed by atoms with Crippen LogP contribution in [0.5, 0.6) is 0 Å². The maximum atomic E-state index is 6.65. The molecule has 0 radical (unpaired) electrons. The molecule has 1 saturated heterocycles. The Bertz CT molecular complexity index is 255. The van der Waals surface area contributed by atoms with Crippen LogP contribution in [0.1, 0.15) is 58.8 Å². The molecule has 2 N–H and O–H groups in total. The smallest absolute Gasteiger partial charge is 0.0594 e. The second-order valence-corrected chi connectivity index (χ2v) is 6.84. The summed E-state index contributed by atoms with van der Waals surface area (Å²) in [7, 11) is 0. The highest BCUT2D eigenvalue weighted by Gasteiger charge is 2.44. The molecule has 1 aliphatic carbocycles. The standard InChI is InChI=1S/C16H32N2O/c1-14(2)6-5-7-15(17)16(8-3-4-9-16)18-10-12-19-13-11-18/h14-15H,3-13,17H2,1-2H3. The third-order valence-electron chi connectivity index (χ3n) is 5.10. The first-order valence-corrected chi connectivity index (χ1v) is 8.23. The van der Waals surface area contributed by atoms with Crippen LogP contribution in [0.15, 0.2) is 0 Å². The molecule has 2 aliphatic rings. The number of hydrogen-bond donors (Lipinski definition) is 1. The molecule has 2 rings (SSSR count). The zero-order valence-electron chi connectivity index (χ0n) is 12.9. The minimum Gasteiger partial charge on any atom is -0.379 e. The summed E-state index contributed by atoms with van der Waals surface area (Å²) in [6, 6.07) is 0.354. The number of morpholine rings is 1. The van der Waals surface area contributed by atoms with Crippen molar-refractivity contribution < 1.29 is 4.74 Å². The molecule has 0 bridgehead atoms. The van der Waals surface area contributed by atoms with Gasteiger partial charge in [0.15, 0.2) is 0 Å². The Morgan fingerprint density at radius 3 is 2.32 bits per heavy atom. The largest absolute Gasteiger partial charge is 0.379 e. The summed E-state index contributed by atoms with van der Waals surface area (Å²) < 4.78 is 5.51. The second-order valence-electron chi connectivity index (χ2n) is 6.84. The lowest BCUT2D eigenvalue weighted by Crippen LogP contribution is -2.61. The van der Waals surface area contributed by atoms with E-state index >= 15 is 0 Å². The van der Waals surface area contributed by atoms with E-state index in [2.05, 4.69) is 18.7 Å². The SMILES string of the molecule is CC(C)CCCC(N)C1(N2CCOCC2)CCCC1. The van der Waals surface area contributed by atoms with Gasteiger partial charge in [-0.1, -0.05) is 39.5 Å². The molecule has 1 saturated carbocycles. The van der Waals surface area contributed by atoms with Crippen LogP contribution in [-0.4, -0.2) is 42.8 Å². The summed E-state index contributed by atoms with van der Waals surface area (Å²) in [6.07, 6.45) is 9.10. The molecule has 3 heteroatoms. The molecule has 0 spiro atoms. The highest BCUT2D eigenvalue weighted by Crippen LogP contribution is 2.39. The Balaban J connectivity index is 1.93. The van der Waals surface area contributed by atoms with Crippen LogP contribution in [0.25, 0.3) is 0 Å². The molecular weight excluding hydrogens is 236 g/mol. The van der Waals surface area contributed by atoms with E-state index in [0.29, 0.717) is 11.6 Å². The summed E-state index contributed by atoms with van der Waals surface area (Å²) in [4.78, 5) is 2.66. The summed E-state index contributed by atoms with van der Waals surface area (Å²) in [5.74, 6) is 0.801. The van der Waals surface area contributed by atoms with Crippen molar-refractivity contribution in [1.29, 1.82) is 0 Å². The lowest BCUT2D eigenvalue weighted by Gasteiger charge is -2.47. The Morgan fingerprint density at radius 1 is 1.11 bits per heavy atom. The Morgan fingerprint density at radius 2 is 1.74 bits per heavy atom. The average molecular weight is 268 g/mol. The number of nitrogens with zero attached hydrogens (tertiary/aromatic N) is 1. The third kappa shape index (κ3) is 3.71. The molecule has 0 amide bonds. The van der Waals surface area contributed by atoms with Crippen molar-refractivity contribution in [2.75, 3.05) is 26.3 Å². The van der Waals surface area contributed by atoms with Gasteiger partial charge in [0, 0.05) is 24.7 Å². The van der Waals surface area contributed by atoms with Gasteiger partial charge in [-0.3, -0.25) is 4.90 Å². The van der Waals surface area contributed by atoms with Crippen LogP contribution < -0.4 is 5.73 Å². The minimum absolute atomic E-state index is 0.292. The Labute approximate surface area is 118 Å². The summed E-state index contributed by atoms with van der Waals surface area (Å²) in [5, 5.41) is 0. The minimum atomic E-state index is 0.292. The predicted octanol–water partition coefficient (Wildman–Crippen LogP) is 2.79. The fourth-order valence-corrected chi connectivity index (χ4v) is 3.93. The average Bonchev–Trinajstić information content (AvgIpc) is 2.90. The summed E-state index contributed by atoms with van der Waals surface area (Å²) >= 11 is 0. The first kappa shape index (κ1) is 15.3. The lowest BCUT2D eigenvalue weighted by atomic mass is 9.83. The Kier molecular flexibility index (Phi) is 5.67. The van der Waals surface area contributed by atoms with Gasteiger partial charge in [0.2, 0.25) is 0 Å². The molecule has 1 atom stereocenters. The van der Waals surface area contributed by atoms with Gasteiger partial charge >= 0.3 is 0 Å². The van der Waals surface area contributed by atoms with E-state index in [1.165, 1.54) is 44.9 Å². The lowest BCUT2D eigenvalue weighted by molar-refractivity contribution is -0.0319. The van der Waals surface area contributed by atoms with Crippen molar-refractivity contribution in [1.82, 2.24) is 4.90 Å². The zero-order valence-corrected chi connectivity index (χ0v) is 12.9. The molecule has 1 unspecified atom stereocenters. The quantitative estimate of drug-likeness (QED) is 0.805. The number of hydrogen-bond acceptors (Lipinski definition) is 3. The van der Waals surface area contributed by atoms with Gasteiger partial charge < -0.3 is 10.5 Å². The van der Waals surface area contributed by atoms with Gasteiger partial charge in [0.05, 0.1) is 13.2 Å². The van der Waals surface area contributed by atoms with E-state index in [4.69, 9.17) is 10.5 Å². The third-order valence-corrected chi connectivity index (χ3v) is 5.10. The summed E-state index contributed by atoms with van der Waals surface area (Å²) in [6.45, 7) is 8.55. The first-order valence-electron chi connectivity index (χ1n) is 8.23. The maximum Gasteiger partial charge on any atom is 0.0594 e. The van der Waals surface area contributed by atoms with E-state index in [-0.39, 0.29) is 0 Å². The van der Waals surface area contributed by atoms with Gasteiger partial charge in [0.25, 0.3) is 0 Å². The van der Waals surface area contributed by atoms with E-state index < -0.39 is 0 Å². The predicted molar refractivity (Wildman–Crippen MR) is 80.3 cm³/mol. The van der Waals surface area contributed by atoms with Gasteiger partial charge in [0.1, 0.15) is 0 Å². The molecular formula is C16H32N2O. The number of nitrogens with two attached hydrogens (primary N) is 1. The number of ether oxygens (including phenoxy) is 1. The highest BCUT2D eigenvalue weighted by atomic mass is 16.5. The molecule has 2 fully saturated rings. The molecule has 3 nitrogen and oxygen atoms in total. The van der Waals surface area contributed by atoms with Crippen LogP contribution in [0.3, 0.4) is 0 Å². The molecule has 0 aromatic carbocycles. The van der Waals surface area contributed by atoms with E-state index in [9.17, 15) is 0 Å². The van der Waals surface area contributed by atoms with Crippen molar-refractivity contribution in [3.8, 4) is 0 Å². The highest BCUT2D eigenvalue weighted by molar-refractivity contribution is 5.02. The molecule has 19 heavy (non-hydrogen) atoms. The number of rotatable bonds is 6. The van der Waals surface area contributed by atoms with Crippen LogP contribution in [0.2, 0.25) is 0 Å². The first-order chi connectivity index (χ1) is 9.15. The van der Waals surface area contributed by atoms with Crippen molar-refractivity contribution in [2.45, 2.75) is 70.4 Å². The van der Waals surface area contributed by atoms with Crippen molar-refractivity contribution >= 4 is 0 Å². The normalized spacial score (nSPS) is 25.9. The van der Waals surface area contributed by atoms with Crippen LogP contribution >= 0.6 is 0 Å². The van der Waals surface area contributed by atoms with Gasteiger partial charge in [-0.2, -0.15) is 0 Å². The second kappa shape index (κ2) is 7.05. The molecule has 0 aromatic rings. The molecule has 1 heterocycles.